The first-order valence-electron chi connectivity index (χ1n) is 8.88. The maximum Gasteiger partial charge on any atom is 0.258 e. The number of hydrogen-bond acceptors (Lipinski definition) is 5. The first-order valence-corrected chi connectivity index (χ1v) is 8.88. The molecular formula is C19H23ClN6O. The first-order chi connectivity index (χ1) is 12.6. The van der Waals surface area contributed by atoms with Gasteiger partial charge in [-0.3, -0.25) is 9.78 Å². The van der Waals surface area contributed by atoms with E-state index in [0.717, 1.165) is 42.1 Å². The van der Waals surface area contributed by atoms with Crippen molar-refractivity contribution < 1.29 is 4.79 Å². The Kier molecular flexibility index (Phi) is 5.72. The molecule has 1 unspecified atom stereocenters. The SMILES string of the molecule is Cc1cc(C)n2nc(NC(=O)c3cncc(CC4CCNC4)c3)cc2n1.Cl. The highest BCUT2D eigenvalue weighted by molar-refractivity contribution is 6.03. The lowest BCUT2D eigenvalue weighted by Crippen LogP contribution is -2.14. The summed E-state index contributed by atoms with van der Waals surface area (Å²) < 4.78 is 1.73. The number of rotatable bonds is 4. The number of hydrogen-bond donors (Lipinski definition) is 2. The van der Waals surface area contributed by atoms with Gasteiger partial charge in [0.2, 0.25) is 0 Å². The van der Waals surface area contributed by atoms with Gasteiger partial charge in [0.15, 0.2) is 11.5 Å². The molecule has 1 saturated heterocycles. The van der Waals surface area contributed by atoms with Crippen LogP contribution in [0.15, 0.2) is 30.6 Å². The van der Waals surface area contributed by atoms with Crippen LogP contribution in [0.1, 0.15) is 33.7 Å². The average Bonchev–Trinajstić information content (AvgIpc) is 3.24. The van der Waals surface area contributed by atoms with Crippen molar-refractivity contribution >= 4 is 29.8 Å². The molecule has 4 rings (SSSR count). The summed E-state index contributed by atoms with van der Waals surface area (Å²) in [5.74, 6) is 0.897. The van der Waals surface area contributed by atoms with Crippen LogP contribution in [-0.2, 0) is 6.42 Å². The third-order valence-corrected chi connectivity index (χ3v) is 4.72. The molecule has 0 radical (unpaired) electrons. The van der Waals surface area contributed by atoms with Crippen LogP contribution in [0.3, 0.4) is 0 Å². The van der Waals surface area contributed by atoms with Crippen LogP contribution < -0.4 is 10.6 Å². The van der Waals surface area contributed by atoms with Gasteiger partial charge in [-0.1, -0.05) is 0 Å². The molecule has 4 heterocycles. The zero-order valence-electron chi connectivity index (χ0n) is 15.4. The van der Waals surface area contributed by atoms with E-state index in [-0.39, 0.29) is 18.3 Å². The van der Waals surface area contributed by atoms with E-state index in [1.807, 2.05) is 32.2 Å². The van der Waals surface area contributed by atoms with Gasteiger partial charge in [-0.15, -0.1) is 17.5 Å². The summed E-state index contributed by atoms with van der Waals surface area (Å²) in [5.41, 5.74) is 4.26. The minimum atomic E-state index is -0.207. The summed E-state index contributed by atoms with van der Waals surface area (Å²) in [6.07, 6.45) is 5.55. The van der Waals surface area contributed by atoms with Crippen molar-refractivity contribution in [3.8, 4) is 0 Å². The Labute approximate surface area is 164 Å². The fourth-order valence-electron chi connectivity index (χ4n) is 3.48. The molecule has 1 fully saturated rings. The lowest BCUT2D eigenvalue weighted by molar-refractivity contribution is 0.102. The first kappa shape index (κ1) is 19.3. The number of fused-ring (bicyclic) bond motifs is 1. The molecule has 3 aromatic rings. The molecule has 7 nitrogen and oxygen atoms in total. The maximum absolute atomic E-state index is 12.6. The maximum atomic E-state index is 12.6. The highest BCUT2D eigenvalue weighted by atomic mass is 35.5. The monoisotopic (exact) mass is 386 g/mol. The van der Waals surface area contributed by atoms with Gasteiger partial charge in [0.05, 0.1) is 5.56 Å². The Hall–Kier alpha value is -2.51. The Morgan fingerprint density at radius 2 is 2.15 bits per heavy atom. The Bertz CT molecular complexity index is 964. The number of amides is 1. The standard InChI is InChI=1S/C19H22N6O.ClH/c1-12-5-13(2)25-18(22-12)8-17(24-25)23-19(26)16-7-15(10-21-11-16)6-14-3-4-20-9-14;/h5,7-8,10-11,14,20H,3-4,6,9H2,1-2H3,(H,23,24,26);1H. The number of aryl methyl sites for hydroxylation is 2. The van der Waals surface area contributed by atoms with Crippen molar-refractivity contribution in [1.82, 2.24) is 24.9 Å². The van der Waals surface area contributed by atoms with Crippen molar-refractivity contribution in [2.24, 2.45) is 5.92 Å². The molecule has 0 saturated carbocycles. The number of pyridine rings is 1. The van der Waals surface area contributed by atoms with E-state index in [1.165, 1.54) is 6.42 Å². The molecule has 0 aliphatic carbocycles. The Morgan fingerprint density at radius 1 is 1.30 bits per heavy atom. The van der Waals surface area contributed by atoms with Crippen molar-refractivity contribution in [1.29, 1.82) is 0 Å². The molecule has 3 aromatic heterocycles. The van der Waals surface area contributed by atoms with Gasteiger partial charge in [-0.05, 0) is 63.4 Å². The number of halogens is 1. The molecule has 1 aliphatic heterocycles. The molecule has 2 N–H and O–H groups in total. The number of carbonyl (C=O) groups excluding carboxylic acids is 1. The fraction of sp³-hybridized carbons (Fsp3) is 0.368. The van der Waals surface area contributed by atoms with Gasteiger partial charge < -0.3 is 10.6 Å². The summed E-state index contributed by atoms with van der Waals surface area (Å²) >= 11 is 0. The zero-order chi connectivity index (χ0) is 18.1. The Balaban J connectivity index is 0.00000210. The van der Waals surface area contributed by atoms with Crippen LogP contribution in [0.2, 0.25) is 0 Å². The van der Waals surface area contributed by atoms with Gasteiger partial charge in [-0.25, -0.2) is 9.50 Å². The van der Waals surface area contributed by atoms with Crippen LogP contribution >= 0.6 is 12.4 Å². The second-order valence-electron chi connectivity index (χ2n) is 6.94. The third kappa shape index (κ3) is 4.26. The van der Waals surface area contributed by atoms with Gasteiger partial charge in [-0.2, -0.15) is 0 Å². The summed E-state index contributed by atoms with van der Waals surface area (Å²) in [7, 11) is 0. The molecule has 8 heteroatoms. The molecular weight excluding hydrogens is 364 g/mol. The summed E-state index contributed by atoms with van der Waals surface area (Å²) in [6, 6.07) is 5.65. The summed E-state index contributed by atoms with van der Waals surface area (Å²) in [5, 5.41) is 10.6. The van der Waals surface area contributed by atoms with Crippen LogP contribution in [0, 0.1) is 19.8 Å². The summed E-state index contributed by atoms with van der Waals surface area (Å²) in [4.78, 5) is 21.3. The van der Waals surface area contributed by atoms with Gasteiger partial charge >= 0.3 is 0 Å². The van der Waals surface area contributed by atoms with E-state index >= 15 is 0 Å². The lowest BCUT2D eigenvalue weighted by atomic mass is 9.99. The third-order valence-electron chi connectivity index (χ3n) is 4.72. The van der Waals surface area contributed by atoms with Crippen LogP contribution in [0.4, 0.5) is 5.82 Å². The molecule has 27 heavy (non-hydrogen) atoms. The molecule has 0 spiro atoms. The van der Waals surface area contributed by atoms with Gasteiger partial charge in [0.1, 0.15) is 0 Å². The van der Waals surface area contributed by atoms with E-state index in [1.54, 1.807) is 16.8 Å². The largest absolute Gasteiger partial charge is 0.316 e. The number of anilines is 1. The number of nitrogens with zero attached hydrogens (tertiary/aromatic N) is 4. The second kappa shape index (κ2) is 8.02. The lowest BCUT2D eigenvalue weighted by Gasteiger charge is -2.09. The predicted molar refractivity (Wildman–Crippen MR) is 107 cm³/mol. The average molecular weight is 387 g/mol. The Morgan fingerprint density at radius 3 is 2.93 bits per heavy atom. The van der Waals surface area contributed by atoms with Crippen molar-refractivity contribution in [3.63, 3.8) is 0 Å². The van der Waals surface area contributed by atoms with Gasteiger partial charge in [0, 0.05) is 29.8 Å². The smallest absolute Gasteiger partial charge is 0.258 e. The number of nitrogens with one attached hydrogen (secondary N) is 2. The predicted octanol–water partition coefficient (Wildman–Crippen LogP) is 2.57. The van der Waals surface area contributed by atoms with Crippen molar-refractivity contribution in [2.75, 3.05) is 18.4 Å². The minimum Gasteiger partial charge on any atom is -0.316 e. The minimum absolute atomic E-state index is 0. The number of carbonyl (C=O) groups is 1. The topological polar surface area (TPSA) is 84.2 Å². The number of aromatic nitrogens is 4. The van der Waals surface area contributed by atoms with E-state index < -0.39 is 0 Å². The van der Waals surface area contributed by atoms with Crippen molar-refractivity contribution in [3.05, 3.63) is 53.1 Å². The highest BCUT2D eigenvalue weighted by Crippen LogP contribution is 2.17. The van der Waals surface area contributed by atoms with Crippen molar-refractivity contribution in [2.45, 2.75) is 26.7 Å². The van der Waals surface area contributed by atoms with E-state index in [0.29, 0.717) is 17.3 Å². The second-order valence-corrected chi connectivity index (χ2v) is 6.94. The van der Waals surface area contributed by atoms with Gasteiger partial charge in [0.25, 0.3) is 5.91 Å². The van der Waals surface area contributed by atoms with E-state index in [4.69, 9.17) is 0 Å². The zero-order valence-corrected chi connectivity index (χ0v) is 16.2. The normalized spacial score (nSPS) is 16.3. The fourth-order valence-corrected chi connectivity index (χ4v) is 3.48. The quantitative estimate of drug-likeness (QED) is 0.719. The molecule has 0 bridgehead atoms. The highest BCUT2D eigenvalue weighted by Gasteiger charge is 2.16. The molecule has 142 valence electrons. The van der Waals surface area contributed by atoms with Crippen LogP contribution in [0.25, 0.3) is 5.65 Å². The molecule has 1 aliphatic rings. The van der Waals surface area contributed by atoms with Crippen LogP contribution in [0.5, 0.6) is 0 Å². The molecule has 0 aromatic carbocycles. The summed E-state index contributed by atoms with van der Waals surface area (Å²) in [6.45, 7) is 6.00. The van der Waals surface area contributed by atoms with E-state index in [2.05, 4.69) is 25.7 Å². The molecule has 1 atom stereocenters. The van der Waals surface area contributed by atoms with Crippen LogP contribution in [-0.4, -0.2) is 38.6 Å². The molecule has 1 amide bonds. The van der Waals surface area contributed by atoms with E-state index in [9.17, 15) is 4.79 Å².